The van der Waals surface area contributed by atoms with Crippen molar-refractivity contribution < 1.29 is 24.5 Å². The third-order valence-electron chi connectivity index (χ3n) is 2.70. The number of benzene rings is 1. The molecule has 1 aromatic carbocycles. The number of carbonyl (C=O) groups is 2. The average molecular weight is 290 g/mol. The predicted octanol–water partition coefficient (Wildman–Crippen LogP) is 0.0796. The van der Waals surface area contributed by atoms with Crippen LogP contribution in [0.3, 0.4) is 0 Å². The molecule has 104 valence electrons. The van der Waals surface area contributed by atoms with Gasteiger partial charge in [-0.15, -0.1) is 11.3 Å². The van der Waals surface area contributed by atoms with Gasteiger partial charge in [0, 0.05) is 17.3 Å². The van der Waals surface area contributed by atoms with E-state index in [0.29, 0.717) is 16.2 Å². The van der Waals surface area contributed by atoms with Gasteiger partial charge in [-0.05, 0) is 41.5 Å². The maximum Gasteiger partial charge on any atom is 0.118 e. The predicted molar refractivity (Wildman–Crippen MR) is 69.3 cm³/mol. The lowest BCUT2D eigenvalue weighted by Gasteiger charge is -2.06. The van der Waals surface area contributed by atoms with Gasteiger partial charge in [0.2, 0.25) is 0 Å². The van der Waals surface area contributed by atoms with E-state index in [4.69, 9.17) is 4.74 Å². The van der Waals surface area contributed by atoms with Crippen molar-refractivity contribution in [1.82, 2.24) is 0 Å². The van der Waals surface area contributed by atoms with Crippen LogP contribution in [0.5, 0.6) is 5.75 Å². The van der Waals surface area contributed by atoms with Crippen molar-refractivity contribution in [3.63, 3.8) is 0 Å². The summed E-state index contributed by atoms with van der Waals surface area (Å²) in [5.41, 5.74) is 1.12. The summed E-state index contributed by atoms with van der Waals surface area (Å²) in [6.45, 7) is 0. The number of aliphatic carboxylic acids is 1. The van der Waals surface area contributed by atoms with Crippen LogP contribution in [0.15, 0.2) is 30.3 Å². The van der Waals surface area contributed by atoms with E-state index in [1.54, 1.807) is 24.3 Å². The fraction of sp³-hybridized carbons (Fsp3) is 0.143. The Morgan fingerprint density at radius 3 is 2.35 bits per heavy atom. The molecule has 0 N–H and O–H groups in total. The molecule has 0 aliphatic rings. The average Bonchev–Trinajstić information content (AvgIpc) is 2.82. The number of carboxylic acids is 2. The molecule has 5 nitrogen and oxygen atoms in total. The Kier molecular flexibility index (Phi) is 4.05. The number of thiophene rings is 1. The molecule has 20 heavy (non-hydrogen) atoms. The van der Waals surface area contributed by atoms with Gasteiger partial charge in [-0.1, -0.05) is 0 Å². The second-order valence-electron chi connectivity index (χ2n) is 4.03. The van der Waals surface area contributed by atoms with Gasteiger partial charge >= 0.3 is 0 Å². The third-order valence-corrected chi connectivity index (χ3v) is 3.90. The molecule has 0 aliphatic heterocycles. The number of carbonyl (C=O) groups excluding carboxylic acids is 2. The molecule has 6 heteroatoms. The second-order valence-corrected chi connectivity index (χ2v) is 5.08. The molecule has 0 atom stereocenters. The van der Waals surface area contributed by atoms with Crippen molar-refractivity contribution >= 4 is 23.3 Å². The fourth-order valence-electron chi connectivity index (χ4n) is 1.80. The van der Waals surface area contributed by atoms with Crippen molar-refractivity contribution in [3.8, 4) is 16.2 Å². The number of hydrogen-bond acceptors (Lipinski definition) is 6. The quantitative estimate of drug-likeness (QED) is 0.778. The highest BCUT2D eigenvalue weighted by molar-refractivity contribution is 7.17. The molecule has 2 rings (SSSR count). The molecule has 0 aliphatic carbocycles. The summed E-state index contributed by atoms with van der Waals surface area (Å²) in [6.07, 6.45) is -0.342. The Bertz CT molecular complexity index is 642. The highest BCUT2D eigenvalue weighted by Gasteiger charge is 2.12. The van der Waals surface area contributed by atoms with Crippen LogP contribution >= 0.6 is 11.3 Å². The summed E-state index contributed by atoms with van der Waals surface area (Å²) in [6, 6.07) is 8.23. The first kappa shape index (κ1) is 14.1. The first-order valence-corrected chi connectivity index (χ1v) is 6.51. The molecular weight excluding hydrogens is 280 g/mol. The van der Waals surface area contributed by atoms with Crippen LogP contribution in [0.2, 0.25) is 0 Å². The Labute approximate surface area is 119 Å². The number of rotatable bonds is 5. The lowest BCUT2D eigenvalue weighted by molar-refractivity contribution is -0.304. The van der Waals surface area contributed by atoms with Gasteiger partial charge in [0.15, 0.2) is 0 Å². The largest absolute Gasteiger partial charge is 0.550 e. The van der Waals surface area contributed by atoms with Gasteiger partial charge in [0.1, 0.15) is 5.75 Å². The number of carboxylic acid groups (broad SMARTS) is 2. The first-order chi connectivity index (χ1) is 9.51. The molecule has 0 saturated heterocycles. The smallest absolute Gasteiger partial charge is 0.118 e. The summed E-state index contributed by atoms with van der Waals surface area (Å²) < 4.78 is 5.04. The van der Waals surface area contributed by atoms with Crippen molar-refractivity contribution in [3.05, 3.63) is 40.8 Å². The molecule has 0 saturated carbocycles. The lowest BCUT2D eigenvalue weighted by Crippen LogP contribution is -2.24. The number of ether oxygens (including phenoxy) is 1. The van der Waals surface area contributed by atoms with E-state index in [1.165, 1.54) is 13.2 Å². The van der Waals surface area contributed by atoms with E-state index in [9.17, 15) is 19.8 Å². The van der Waals surface area contributed by atoms with E-state index in [0.717, 1.165) is 16.9 Å². The fourth-order valence-corrected chi connectivity index (χ4v) is 2.82. The molecule has 0 amide bonds. The first-order valence-electron chi connectivity index (χ1n) is 5.69. The van der Waals surface area contributed by atoms with Gasteiger partial charge in [-0.2, -0.15) is 0 Å². The Hall–Kier alpha value is -2.34. The Balaban J connectivity index is 2.46. The summed E-state index contributed by atoms with van der Waals surface area (Å²) in [5, 5.41) is 21.6. The molecule has 0 unspecified atom stereocenters. The summed E-state index contributed by atoms with van der Waals surface area (Å²) in [4.78, 5) is 22.2. The zero-order chi connectivity index (χ0) is 14.7. The zero-order valence-electron chi connectivity index (χ0n) is 10.5. The van der Waals surface area contributed by atoms with Crippen LogP contribution in [-0.2, 0) is 11.2 Å². The molecule has 2 aromatic rings. The van der Waals surface area contributed by atoms with Crippen molar-refractivity contribution in [2.24, 2.45) is 0 Å². The van der Waals surface area contributed by atoms with E-state index < -0.39 is 11.9 Å². The molecule has 1 heterocycles. The standard InChI is InChI=1S/C14H12O5S/c1-19-10-4-2-8(3-5-10)13-9(7-12(15)16)6-11(20-13)14(17)18/h2-6H,7H2,1H3,(H,15,16)(H,17,18)/p-2. The van der Waals surface area contributed by atoms with Gasteiger partial charge in [-0.25, -0.2) is 0 Å². The van der Waals surface area contributed by atoms with E-state index in [1.807, 2.05) is 0 Å². The van der Waals surface area contributed by atoms with Crippen LogP contribution in [0.4, 0.5) is 0 Å². The number of hydrogen-bond donors (Lipinski definition) is 0. The van der Waals surface area contributed by atoms with Gasteiger partial charge < -0.3 is 24.5 Å². The summed E-state index contributed by atoms with van der Waals surface area (Å²) in [5.74, 6) is -1.93. The SMILES string of the molecule is COc1ccc(-c2sc(C(=O)[O-])cc2CC(=O)[O-])cc1. The Morgan fingerprint density at radius 2 is 1.85 bits per heavy atom. The summed E-state index contributed by atoms with van der Waals surface area (Å²) in [7, 11) is 1.54. The highest BCUT2D eigenvalue weighted by Crippen LogP contribution is 2.33. The van der Waals surface area contributed by atoms with Crippen molar-refractivity contribution in [2.75, 3.05) is 7.11 Å². The Morgan fingerprint density at radius 1 is 1.20 bits per heavy atom. The minimum Gasteiger partial charge on any atom is -0.550 e. The van der Waals surface area contributed by atoms with Crippen molar-refractivity contribution in [2.45, 2.75) is 6.42 Å². The normalized spacial score (nSPS) is 10.2. The van der Waals surface area contributed by atoms with E-state index in [2.05, 4.69) is 0 Å². The maximum absolute atomic E-state index is 10.9. The molecule has 0 fully saturated rings. The monoisotopic (exact) mass is 290 g/mol. The number of aromatic carboxylic acids is 1. The number of methoxy groups -OCH3 is 1. The summed E-state index contributed by atoms with van der Waals surface area (Å²) >= 11 is 0.982. The minimum absolute atomic E-state index is 0.00734. The molecule has 1 aromatic heterocycles. The molecule has 0 radical (unpaired) electrons. The lowest BCUT2D eigenvalue weighted by atomic mass is 10.1. The van der Waals surface area contributed by atoms with Crippen LogP contribution in [0.1, 0.15) is 15.2 Å². The van der Waals surface area contributed by atoms with Gasteiger partial charge in [0.25, 0.3) is 0 Å². The maximum atomic E-state index is 10.9. The molecule has 0 bridgehead atoms. The third kappa shape index (κ3) is 2.97. The zero-order valence-corrected chi connectivity index (χ0v) is 11.4. The van der Waals surface area contributed by atoms with Gasteiger partial charge in [0.05, 0.1) is 18.0 Å². The molecular formula is C14H10O5S-2. The minimum atomic E-state index is -1.32. The van der Waals surface area contributed by atoms with E-state index in [-0.39, 0.29) is 11.3 Å². The van der Waals surface area contributed by atoms with Crippen LogP contribution < -0.4 is 14.9 Å². The van der Waals surface area contributed by atoms with Crippen LogP contribution in [0, 0.1) is 0 Å². The van der Waals surface area contributed by atoms with E-state index >= 15 is 0 Å². The molecule has 0 spiro atoms. The van der Waals surface area contributed by atoms with Crippen LogP contribution in [-0.4, -0.2) is 19.0 Å². The second kappa shape index (κ2) is 5.75. The van der Waals surface area contributed by atoms with Gasteiger partial charge in [-0.3, -0.25) is 0 Å². The van der Waals surface area contributed by atoms with Crippen molar-refractivity contribution in [1.29, 1.82) is 0 Å². The van der Waals surface area contributed by atoms with Crippen LogP contribution in [0.25, 0.3) is 10.4 Å². The topological polar surface area (TPSA) is 89.5 Å². The highest BCUT2D eigenvalue weighted by atomic mass is 32.1.